The van der Waals surface area contributed by atoms with Gasteiger partial charge in [0.15, 0.2) is 0 Å². The van der Waals surface area contributed by atoms with Crippen LogP contribution < -0.4 is 11.1 Å². The summed E-state index contributed by atoms with van der Waals surface area (Å²) in [7, 11) is 0. The number of amides is 1. The number of hydrogen-bond acceptors (Lipinski definition) is 4. The largest absolute Gasteiger partial charge is 0.364 e. The molecule has 7 heteroatoms. The second-order valence-electron chi connectivity index (χ2n) is 7.14. The minimum atomic E-state index is -0.539. The highest BCUT2D eigenvalue weighted by Crippen LogP contribution is 2.39. The molecule has 26 heavy (non-hydrogen) atoms. The zero-order valence-electron chi connectivity index (χ0n) is 14.8. The first-order valence-corrected chi connectivity index (χ1v) is 9.98. The molecule has 1 aliphatic rings. The van der Waals surface area contributed by atoms with Crippen LogP contribution in [0.15, 0.2) is 24.3 Å². The Morgan fingerprint density at radius 1 is 1.46 bits per heavy atom. The van der Waals surface area contributed by atoms with Gasteiger partial charge in [-0.15, -0.1) is 11.3 Å². The minimum absolute atomic E-state index is 0.299. The van der Waals surface area contributed by atoms with Gasteiger partial charge in [0.05, 0.1) is 15.4 Å². The van der Waals surface area contributed by atoms with Crippen LogP contribution in [0.5, 0.6) is 0 Å². The van der Waals surface area contributed by atoms with Crippen molar-refractivity contribution in [3.63, 3.8) is 0 Å². The molecule has 0 saturated carbocycles. The molecular weight excluding hydrogens is 368 g/mol. The number of nitrogens with two attached hydrogens (primary N) is 1. The van der Waals surface area contributed by atoms with Gasteiger partial charge < -0.3 is 11.1 Å². The van der Waals surface area contributed by atoms with E-state index in [4.69, 9.17) is 17.3 Å². The van der Waals surface area contributed by atoms with Crippen molar-refractivity contribution in [2.45, 2.75) is 32.7 Å². The molecule has 3 N–H and O–H groups in total. The summed E-state index contributed by atoms with van der Waals surface area (Å²) in [5, 5.41) is 8.75. The lowest BCUT2D eigenvalue weighted by Crippen LogP contribution is -2.29. The zero-order valence-corrected chi connectivity index (χ0v) is 16.3. The van der Waals surface area contributed by atoms with E-state index in [0.29, 0.717) is 28.2 Å². The number of nitrogens with one attached hydrogen (secondary N) is 1. The first kappa shape index (κ1) is 17.5. The second kappa shape index (κ2) is 6.68. The topological polar surface area (TPSA) is 72.4 Å². The number of halogens is 1. The third-order valence-electron chi connectivity index (χ3n) is 4.73. The number of primary amides is 1. The van der Waals surface area contributed by atoms with Gasteiger partial charge in [-0.05, 0) is 55.1 Å². The molecule has 0 bridgehead atoms. The van der Waals surface area contributed by atoms with E-state index < -0.39 is 5.91 Å². The van der Waals surface area contributed by atoms with Gasteiger partial charge in [0.25, 0.3) is 5.91 Å². The quantitative estimate of drug-likeness (QED) is 0.708. The first-order chi connectivity index (χ1) is 12.4. The molecule has 0 fully saturated rings. The molecule has 0 radical (unpaired) electrons. The minimum Gasteiger partial charge on any atom is -0.364 e. The summed E-state index contributed by atoms with van der Waals surface area (Å²) in [4.78, 5) is 14.2. The van der Waals surface area contributed by atoms with Gasteiger partial charge in [0, 0.05) is 10.9 Å². The second-order valence-corrected chi connectivity index (χ2v) is 8.63. The number of fused-ring (bicyclic) bond motifs is 2. The predicted octanol–water partition coefficient (Wildman–Crippen LogP) is 4.05. The van der Waals surface area contributed by atoms with Crippen molar-refractivity contribution >= 4 is 34.4 Å². The van der Waals surface area contributed by atoms with Crippen molar-refractivity contribution in [2.75, 3.05) is 6.54 Å². The maximum Gasteiger partial charge on any atom is 0.267 e. The summed E-state index contributed by atoms with van der Waals surface area (Å²) >= 11 is 7.98. The van der Waals surface area contributed by atoms with Crippen molar-refractivity contribution in [1.29, 1.82) is 0 Å². The lowest BCUT2D eigenvalue weighted by Gasteiger charge is -2.25. The number of rotatable bonds is 4. The summed E-state index contributed by atoms with van der Waals surface area (Å²) in [5.41, 5.74) is 8.67. The third-order valence-corrected chi connectivity index (χ3v) is 6.34. The molecule has 3 aromatic heterocycles. The van der Waals surface area contributed by atoms with Crippen LogP contribution in [-0.2, 0) is 6.42 Å². The Bertz CT molecular complexity index is 991. The molecule has 4 rings (SSSR count). The van der Waals surface area contributed by atoms with Crippen LogP contribution >= 0.6 is 22.9 Å². The summed E-state index contributed by atoms with van der Waals surface area (Å²) in [6.45, 7) is 5.51. The molecule has 0 aromatic carbocycles. The fraction of sp³-hybridized carbons (Fsp3) is 0.368. The molecule has 3 aromatic rings. The average Bonchev–Trinajstić information content (AvgIpc) is 3.16. The standard InChI is InChI=1S/C19H21ClN4OS/c1-10(2)7-14-18-11(5-6-22-14)8-17(26-18)13-3-4-15-12(20)9-16(19(21)25)24(15)23-13/h3-4,8-10,14,22H,5-7H2,1-2H3,(H2,21,25). The number of carbonyl (C=O) groups is 1. The summed E-state index contributed by atoms with van der Waals surface area (Å²) in [6.07, 6.45) is 2.16. The lowest BCUT2D eigenvalue weighted by molar-refractivity contribution is 0.0994. The SMILES string of the molecule is CC(C)CC1NCCc2cc(-c3ccc4c(Cl)cc(C(N)=O)n4n3)sc21. The normalized spacial score (nSPS) is 17.0. The molecule has 1 unspecified atom stereocenters. The van der Waals surface area contributed by atoms with Gasteiger partial charge in [0.1, 0.15) is 11.4 Å². The van der Waals surface area contributed by atoms with Crippen molar-refractivity contribution in [2.24, 2.45) is 11.7 Å². The van der Waals surface area contributed by atoms with Crippen LogP contribution in [0.2, 0.25) is 5.02 Å². The van der Waals surface area contributed by atoms with Crippen LogP contribution in [0.1, 0.15) is 47.2 Å². The highest BCUT2D eigenvalue weighted by Gasteiger charge is 2.24. The number of aromatic nitrogens is 2. The first-order valence-electron chi connectivity index (χ1n) is 8.78. The van der Waals surface area contributed by atoms with Crippen LogP contribution in [0.25, 0.3) is 16.1 Å². The predicted molar refractivity (Wildman–Crippen MR) is 106 cm³/mol. The van der Waals surface area contributed by atoms with Gasteiger partial charge in [-0.25, -0.2) is 4.52 Å². The fourth-order valence-corrected chi connectivity index (χ4v) is 5.06. The van der Waals surface area contributed by atoms with Crippen molar-refractivity contribution in [3.8, 4) is 10.6 Å². The Hall–Kier alpha value is -1.89. The zero-order chi connectivity index (χ0) is 18.4. The lowest BCUT2D eigenvalue weighted by atomic mass is 9.96. The average molecular weight is 389 g/mol. The molecule has 0 saturated heterocycles. The van der Waals surface area contributed by atoms with Crippen molar-refractivity contribution < 1.29 is 4.79 Å². The van der Waals surface area contributed by atoms with E-state index in [0.717, 1.165) is 30.0 Å². The highest BCUT2D eigenvalue weighted by atomic mass is 35.5. The molecule has 1 atom stereocenters. The Balaban J connectivity index is 1.78. The van der Waals surface area contributed by atoms with Crippen molar-refractivity contribution in [3.05, 3.63) is 45.4 Å². The van der Waals surface area contributed by atoms with E-state index in [-0.39, 0.29) is 0 Å². The Morgan fingerprint density at radius 3 is 3.00 bits per heavy atom. The monoisotopic (exact) mass is 388 g/mol. The van der Waals surface area contributed by atoms with E-state index in [9.17, 15) is 4.79 Å². The van der Waals surface area contributed by atoms with Crippen LogP contribution in [-0.4, -0.2) is 22.1 Å². The van der Waals surface area contributed by atoms with Gasteiger partial charge in [-0.2, -0.15) is 5.10 Å². The van der Waals surface area contributed by atoms with E-state index in [2.05, 4.69) is 30.3 Å². The van der Waals surface area contributed by atoms with E-state index in [1.807, 2.05) is 12.1 Å². The molecule has 5 nitrogen and oxygen atoms in total. The van der Waals surface area contributed by atoms with E-state index >= 15 is 0 Å². The number of hydrogen-bond donors (Lipinski definition) is 2. The fourth-order valence-electron chi connectivity index (χ4n) is 3.54. The van der Waals surface area contributed by atoms with Gasteiger partial charge in [0.2, 0.25) is 0 Å². The summed E-state index contributed by atoms with van der Waals surface area (Å²) in [5.74, 6) is 0.0989. The Morgan fingerprint density at radius 2 is 2.27 bits per heavy atom. The van der Waals surface area contributed by atoms with Gasteiger partial charge in [-0.1, -0.05) is 25.4 Å². The smallest absolute Gasteiger partial charge is 0.267 e. The number of nitrogens with zero attached hydrogens (tertiary/aromatic N) is 2. The molecular formula is C19H21ClN4OS. The maximum absolute atomic E-state index is 11.7. The molecule has 4 heterocycles. The van der Waals surface area contributed by atoms with E-state index in [1.165, 1.54) is 10.4 Å². The summed E-state index contributed by atoms with van der Waals surface area (Å²) < 4.78 is 1.54. The number of thiophene rings is 1. The van der Waals surface area contributed by atoms with Crippen LogP contribution in [0.3, 0.4) is 0 Å². The van der Waals surface area contributed by atoms with Gasteiger partial charge in [-0.3, -0.25) is 4.79 Å². The molecule has 136 valence electrons. The van der Waals surface area contributed by atoms with Gasteiger partial charge >= 0.3 is 0 Å². The highest BCUT2D eigenvalue weighted by molar-refractivity contribution is 7.15. The Labute approximate surface area is 161 Å². The maximum atomic E-state index is 11.7. The number of carbonyl (C=O) groups excluding carboxylic acids is 1. The van der Waals surface area contributed by atoms with Crippen molar-refractivity contribution in [1.82, 2.24) is 14.9 Å². The molecule has 0 spiro atoms. The van der Waals surface area contributed by atoms with Crippen LogP contribution in [0.4, 0.5) is 0 Å². The van der Waals surface area contributed by atoms with E-state index in [1.54, 1.807) is 21.9 Å². The molecule has 1 amide bonds. The third kappa shape index (κ3) is 3.02. The Kier molecular flexibility index (Phi) is 4.50. The molecule has 1 aliphatic heterocycles. The van der Waals surface area contributed by atoms with Crippen LogP contribution in [0, 0.1) is 5.92 Å². The molecule has 0 aliphatic carbocycles. The summed E-state index contributed by atoms with van der Waals surface area (Å²) in [6, 6.07) is 8.05.